The maximum Gasteiger partial charge on any atom is 0.355 e. The van der Waals surface area contributed by atoms with Crippen molar-refractivity contribution in [3.63, 3.8) is 0 Å². The molecular formula is C33H37F2N7O3. The molecule has 4 aromatic rings. The summed E-state index contributed by atoms with van der Waals surface area (Å²) in [6.07, 6.45) is 2.36. The summed E-state index contributed by atoms with van der Waals surface area (Å²) in [4.78, 5) is 48.4. The number of aromatic nitrogens is 5. The first-order chi connectivity index (χ1) is 21.3. The number of pyridine rings is 1. The van der Waals surface area contributed by atoms with Gasteiger partial charge in [0.25, 0.3) is 0 Å². The molecule has 10 nitrogen and oxygen atoms in total. The van der Waals surface area contributed by atoms with Crippen LogP contribution in [0.4, 0.5) is 14.6 Å². The molecule has 1 aliphatic rings. The molecule has 12 heteroatoms. The minimum Gasteiger partial charge on any atom is -0.508 e. The van der Waals surface area contributed by atoms with Crippen molar-refractivity contribution in [3.8, 4) is 11.4 Å². The quantitative estimate of drug-likeness (QED) is 0.288. The van der Waals surface area contributed by atoms with Crippen molar-refractivity contribution in [2.45, 2.75) is 71.9 Å². The summed E-state index contributed by atoms with van der Waals surface area (Å²) in [5.41, 5.74) is 0.739. The van der Waals surface area contributed by atoms with E-state index in [2.05, 4.69) is 26.5 Å². The predicted molar refractivity (Wildman–Crippen MR) is 168 cm³/mol. The fraction of sp³-hybridized carbons (Fsp3) is 0.394. The van der Waals surface area contributed by atoms with Gasteiger partial charge in [-0.05, 0) is 50.0 Å². The first kappa shape index (κ1) is 31.7. The van der Waals surface area contributed by atoms with Crippen molar-refractivity contribution >= 4 is 22.8 Å². The number of carbonyl (C=O) groups excluding carboxylic acids is 1. The summed E-state index contributed by atoms with van der Waals surface area (Å²) in [7, 11) is 0. The average molecular weight is 618 g/mol. The molecule has 0 unspecified atom stereocenters. The van der Waals surface area contributed by atoms with Gasteiger partial charge in [-0.25, -0.2) is 33.1 Å². The van der Waals surface area contributed by atoms with Crippen LogP contribution >= 0.6 is 0 Å². The van der Waals surface area contributed by atoms with E-state index in [0.29, 0.717) is 30.2 Å². The van der Waals surface area contributed by atoms with Gasteiger partial charge in [-0.2, -0.15) is 4.98 Å². The number of amides is 1. The normalized spacial score (nSPS) is 17.0. The minimum atomic E-state index is -0.753. The van der Waals surface area contributed by atoms with Crippen LogP contribution in [0, 0.1) is 11.6 Å². The second-order valence-corrected chi connectivity index (χ2v) is 12.1. The Morgan fingerprint density at radius 1 is 1.04 bits per heavy atom. The van der Waals surface area contributed by atoms with E-state index in [-0.39, 0.29) is 70.1 Å². The number of hydrogen-bond acceptors (Lipinski definition) is 8. The molecule has 0 spiro atoms. The van der Waals surface area contributed by atoms with E-state index in [1.165, 1.54) is 41.2 Å². The van der Waals surface area contributed by atoms with Gasteiger partial charge in [0.2, 0.25) is 5.91 Å². The smallest absolute Gasteiger partial charge is 0.355 e. The Labute approximate surface area is 260 Å². The monoisotopic (exact) mass is 617 g/mol. The van der Waals surface area contributed by atoms with Crippen LogP contribution in [0.15, 0.2) is 48.0 Å². The Morgan fingerprint density at radius 2 is 1.71 bits per heavy atom. The standard InChI is InChI=1S/C33H37F2N7O3/c1-8-27(44)40-14-20(7)41(15-19(40)6)31-22-12-24(35)25(13-21-23(34)10-9-11-26(21)43)38-32(22)42(33(45)39-31)30-28(17(2)3)36-16-37-29(30)18(4)5/h8-12,16-20,43H,1,13-15H2,2-7H3/t19-,20+/m1/s1. The molecule has 1 N–H and O–H groups in total. The van der Waals surface area contributed by atoms with Crippen LogP contribution < -0.4 is 10.6 Å². The van der Waals surface area contributed by atoms with Gasteiger partial charge in [-0.15, -0.1) is 0 Å². The first-order valence-electron chi connectivity index (χ1n) is 15.0. The number of fused-ring (bicyclic) bond motifs is 1. The van der Waals surface area contributed by atoms with E-state index >= 15 is 4.39 Å². The molecule has 5 rings (SSSR count). The van der Waals surface area contributed by atoms with Crippen molar-refractivity contribution in [1.29, 1.82) is 0 Å². The summed E-state index contributed by atoms with van der Waals surface area (Å²) in [6.45, 7) is 15.8. The molecule has 4 heterocycles. The van der Waals surface area contributed by atoms with Crippen molar-refractivity contribution < 1.29 is 18.7 Å². The SMILES string of the molecule is C=CC(=O)N1C[C@H](C)N(c2nc(=O)n(-c3c(C(C)C)ncnc3C(C)C)c3nc(Cc4c(O)cccc4F)c(F)cc23)C[C@H]1C. The number of phenolic OH excluding ortho intramolecular Hbond substituents is 1. The number of hydrogen-bond donors (Lipinski definition) is 1. The zero-order valence-corrected chi connectivity index (χ0v) is 26.3. The molecule has 0 bridgehead atoms. The molecule has 236 valence electrons. The van der Waals surface area contributed by atoms with Crippen LogP contribution in [-0.4, -0.2) is 65.6 Å². The van der Waals surface area contributed by atoms with E-state index in [9.17, 15) is 19.1 Å². The molecule has 1 saturated heterocycles. The maximum absolute atomic E-state index is 16.0. The third-order valence-corrected chi connectivity index (χ3v) is 8.22. The molecule has 1 aromatic carbocycles. The van der Waals surface area contributed by atoms with Gasteiger partial charge >= 0.3 is 5.69 Å². The molecule has 0 saturated carbocycles. The number of carbonyl (C=O) groups is 1. The topological polar surface area (TPSA) is 117 Å². The molecule has 0 radical (unpaired) electrons. The maximum atomic E-state index is 16.0. The van der Waals surface area contributed by atoms with Crippen molar-refractivity contribution in [2.24, 2.45) is 0 Å². The van der Waals surface area contributed by atoms with Crippen LogP contribution in [0.5, 0.6) is 5.75 Å². The van der Waals surface area contributed by atoms with Crippen LogP contribution in [0.1, 0.15) is 76.0 Å². The Balaban J connectivity index is 1.82. The first-order valence-corrected chi connectivity index (χ1v) is 15.0. The molecular weight excluding hydrogens is 580 g/mol. The number of rotatable bonds is 7. The molecule has 3 aromatic heterocycles. The highest BCUT2D eigenvalue weighted by atomic mass is 19.1. The van der Waals surface area contributed by atoms with E-state index in [1.54, 1.807) is 4.90 Å². The molecule has 2 atom stereocenters. The van der Waals surface area contributed by atoms with Crippen LogP contribution in [-0.2, 0) is 11.2 Å². The largest absolute Gasteiger partial charge is 0.508 e. The highest BCUT2D eigenvalue weighted by Gasteiger charge is 2.34. The summed E-state index contributed by atoms with van der Waals surface area (Å²) in [5, 5.41) is 10.6. The van der Waals surface area contributed by atoms with Gasteiger partial charge < -0.3 is 14.9 Å². The summed E-state index contributed by atoms with van der Waals surface area (Å²) in [5.74, 6) is -2.02. The fourth-order valence-corrected chi connectivity index (χ4v) is 5.90. The third kappa shape index (κ3) is 5.76. The van der Waals surface area contributed by atoms with E-state index in [0.717, 1.165) is 0 Å². The number of benzene rings is 1. The van der Waals surface area contributed by atoms with Crippen LogP contribution in [0.25, 0.3) is 16.7 Å². The number of nitrogens with zero attached hydrogens (tertiary/aromatic N) is 7. The second-order valence-electron chi connectivity index (χ2n) is 12.1. The van der Waals surface area contributed by atoms with Crippen molar-refractivity contribution in [3.05, 3.63) is 88.0 Å². The molecule has 1 fully saturated rings. The predicted octanol–water partition coefficient (Wildman–Crippen LogP) is 5.00. The lowest BCUT2D eigenvalue weighted by Gasteiger charge is -2.44. The number of halogens is 2. The van der Waals surface area contributed by atoms with Crippen molar-refractivity contribution in [1.82, 2.24) is 29.4 Å². The Morgan fingerprint density at radius 3 is 2.31 bits per heavy atom. The second kappa shape index (κ2) is 12.3. The van der Waals surface area contributed by atoms with Gasteiger partial charge in [0.1, 0.15) is 29.5 Å². The molecule has 0 aliphatic carbocycles. The fourth-order valence-electron chi connectivity index (χ4n) is 5.90. The summed E-state index contributed by atoms with van der Waals surface area (Å²) >= 11 is 0. The van der Waals surface area contributed by atoms with Gasteiger partial charge in [0, 0.05) is 37.2 Å². The summed E-state index contributed by atoms with van der Waals surface area (Å²) in [6, 6.07) is 4.56. The number of piperazine rings is 1. The van der Waals surface area contributed by atoms with Gasteiger partial charge in [-0.1, -0.05) is 40.3 Å². The molecule has 45 heavy (non-hydrogen) atoms. The van der Waals surface area contributed by atoms with Crippen LogP contribution in [0.3, 0.4) is 0 Å². The van der Waals surface area contributed by atoms with Crippen molar-refractivity contribution in [2.75, 3.05) is 18.0 Å². The molecule has 1 aliphatic heterocycles. The lowest BCUT2D eigenvalue weighted by molar-refractivity contribution is -0.128. The zero-order valence-electron chi connectivity index (χ0n) is 26.3. The Bertz CT molecular complexity index is 1810. The van der Waals surface area contributed by atoms with Crippen LogP contribution in [0.2, 0.25) is 0 Å². The number of phenols is 1. The highest BCUT2D eigenvalue weighted by Crippen LogP contribution is 2.34. The Kier molecular flexibility index (Phi) is 8.68. The van der Waals surface area contributed by atoms with E-state index in [4.69, 9.17) is 0 Å². The van der Waals surface area contributed by atoms with Gasteiger partial charge in [-0.3, -0.25) is 4.79 Å². The minimum absolute atomic E-state index is 0.0975. The number of aromatic hydroxyl groups is 1. The number of anilines is 1. The zero-order chi connectivity index (χ0) is 32.7. The Hall–Kier alpha value is -4.74. The molecule has 1 amide bonds. The van der Waals surface area contributed by atoms with E-state index < -0.39 is 17.3 Å². The van der Waals surface area contributed by atoms with Gasteiger partial charge in [0.15, 0.2) is 5.65 Å². The van der Waals surface area contributed by atoms with E-state index in [1.807, 2.05) is 46.4 Å². The average Bonchev–Trinajstić information content (AvgIpc) is 2.99. The highest BCUT2D eigenvalue weighted by molar-refractivity contribution is 5.90. The van der Waals surface area contributed by atoms with Gasteiger partial charge in [0.05, 0.1) is 28.2 Å². The summed E-state index contributed by atoms with van der Waals surface area (Å²) < 4.78 is 32.0. The lowest BCUT2D eigenvalue weighted by Crippen LogP contribution is -2.58. The third-order valence-electron chi connectivity index (χ3n) is 8.22. The lowest BCUT2D eigenvalue weighted by atomic mass is 10.0.